The lowest BCUT2D eigenvalue weighted by Crippen LogP contribution is -2.05. The van der Waals surface area contributed by atoms with Crippen LogP contribution in [0.2, 0.25) is 0 Å². The Morgan fingerprint density at radius 3 is 2.71 bits per heavy atom. The molecule has 92 valence electrons. The first-order chi connectivity index (χ1) is 8.27. The number of fused-ring (bicyclic) bond motifs is 1. The summed E-state index contributed by atoms with van der Waals surface area (Å²) in [5.41, 5.74) is 1.38. The minimum Gasteiger partial charge on any atom is -0.489 e. The number of aliphatic hydroxyl groups excluding tert-OH is 1. The molecule has 1 aromatic carbocycles. The molecule has 4 heteroatoms. The van der Waals surface area contributed by atoms with Gasteiger partial charge in [-0.05, 0) is 6.07 Å². The van der Waals surface area contributed by atoms with Gasteiger partial charge in [-0.2, -0.15) is 0 Å². The van der Waals surface area contributed by atoms with E-state index in [1.54, 1.807) is 6.07 Å². The molecule has 1 atom stereocenters. The van der Waals surface area contributed by atoms with E-state index in [0.717, 1.165) is 18.3 Å². The molecule has 0 aliphatic carbocycles. The number of benzene rings is 1. The first-order valence-corrected chi connectivity index (χ1v) is 5.76. The molecule has 1 unspecified atom stereocenters. The van der Waals surface area contributed by atoms with Crippen molar-refractivity contribution in [3.05, 3.63) is 23.3 Å². The van der Waals surface area contributed by atoms with E-state index < -0.39 is 0 Å². The van der Waals surface area contributed by atoms with Gasteiger partial charge in [-0.1, -0.05) is 13.0 Å². The van der Waals surface area contributed by atoms with Crippen molar-refractivity contribution in [2.45, 2.75) is 19.3 Å². The highest BCUT2D eigenvalue weighted by atomic mass is 16.5. The zero-order valence-corrected chi connectivity index (χ0v) is 9.81. The topological polar surface area (TPSA) is 55.8 Å². The summed E-state index contributed by atoms with van der Waals surface area (Å²) in [5.74, 6) is 1.08. The van der Waals surface area contributed by atoms with Crippen molar-refractivity contribution in [2.24, 2.45) is 0 Å². The number of aliphatic hydroxyl groups is 1. The minimum absolute atomic E-state index is 0.0360. The van der Waals surface area contributed by atoms with Gasteiger partial charge in [0.1, 0.15) is 0 Å². The molecule has 2 rings (SSSR count). The predicted octanol–water partition coefficient (Wildman–Crippen LogP) is 1.76. The Kier molecular flexibility index (Phi) is 3.64. The zero-order chi connectivity index (χ0) is 12.3. The van der Waals surface area contributed by atoms with Gasteiger partial charge < -0.3 is 14.6 Å². The lowest BCUT2D eigenvalue weighted by atomic mass is 9.98. The molecule has 1 aliphatic rings. The average molecular weight is 236 g/mol. The molecular formula is C13H16O4. The van der Waals surface area contributed by atoms with E-state index in [4.69, 9.17) is 9.47 Å². The molecule has 1 heterocycles. The molecule has 0 saturated carbocycles. The molecular weight excluding hydrogens is 220 g/mol. The second-order valence-corrected chi connectivity index (χ2v) is 4.15. The van der Waals surface area contributed by atoms with Crippen LogP contribution in [-0.2, 0) is 0 Å². The van der Waals surface area contributed by atoms with E-state index in [1.165, 1.54) is 0 Å². The SMILES string of the molecule is CC(CO)c1ccc(C=O)c2c1OCCCO2. The van der Waals surface area contributed by atoms with Gasteiger partial charge in [-0.15, -0.1) is 0 Å². The molecule has 1 N–H and O–H groups in total. The van der Waals surface area contributed by atoms with Crippen molar-refractivity contribution in [3.63, 3.8) is 0 Å². The smallest absolute Gasteiger partial charge is 0.171 e. The highest BCUT2D eigenvalue weighted by Crippen LogP contribution is 2.39. The Hall–Kier alpha value is -1.55. The maximum absolute atomic E-state index is 11.0. The third-order valence-electron chi connectivity index (χ3n) is 2.89. The third-order valence-corrected chi connectivity index (χ3v) is 2.89. The first kappa shape index (κ1) is 11.9. The van der Waals surface area contributed by atoms with Crippen LogP contribution in [0.4, 0.5) is 0 Å². The van der Waals surface area contributed by atoms with E-state index in [1.807, 2.05) is 13.0 Å². The van der Waals surface area contributed by atoms with Crippen molar-refractivity contribution in [1.29, 1.82) is 0 Å². The molecule has 17 heavy (non-hydrogen) atoms. The third kappa shape index (κ3) is 2.26. The Morgan fingerprint density at radius 2 is 2.06 bits per heavy atom. The number of hydrogen-bond acceptors (Lipinski definition) is 4. The monoisotopic (exact) mass is 236 g/mol. The molecule has 0 aromatic heterocycles. The Labute approximate surface area is 100 Å². The summed E-state index contributed by atoms with van der Waals surface area (Å²) < 4.78 is 11.2. The molecule has 0 amide bonds. The first-order valence-electron chi connectivity index (χ1n) is 5.76. The molecule has 0 radical (unpaired) electrons. The minimum atomic E-state index is -0.0360. The summed E-state index contributed by atoms with van der Waals surface area (Å²) in [6.07, 6.45) is 1.56. The van der Waals surface area contributed by atoms with Gasteiger partial charge in [-0.3, -0.25) is 4.79 Å². The summed E-state index contributed by atoms with van der Waals surface area (Å²) in [6, 6.07) is 3.53. The van der Waals surface area contributed by atoms with Crippen molar-refractivity contribution >= 4 is 6.29 Å². The highest BCUT2D eigenvalue weighted by Gasteiger charge is 2.21. The Bertz CT molecular complexity index is 414. The molecule has 1 aliphatic heterocycles. The Balaban J connectivity index is 2.52. The van der Waals surface area contributed by atoms with E-state index in [-0.39, 0.29) is 12.5 Å². The fraction of sp³-hybridized carbons (Fsp3) is 0.462. The van der Waals surface area contributed by atoms with Crippen molar-refractivity contribution in [2.75, 3.05) is 19.8 Å². The summed E-state index contributed by atoms with van der Waals surface area (Å²) >= 11 is 0. The standard InChI is InChI=1S/C13H16O4/c1-9(7-14)11-4-3-10(8-15)12-13(11)17-6-2-5-16-12/h3-4,8-9,14H,2,5-7H2,1H3. The van der Waals surface area contributed by atoms with Crippen LogP contribution in [0.25, 0.3) is 0 Å². The normalized spacial score (nSPS) is 16.1. The molecule has 0 spiro atoms. The number of hydrogen-bond donors (Lipinski definition) is 1. The molecule has 0 fully saturated rings. The fourth-order valence-electron chi connectivity index (χ4n) is 1.88. The lowest BCUT2D eigenvalue weighted by molar-refractivity contribution is 0.111. The molecule has 4 nitrogen and oxygen atoms in total. The van der Waals surface area contributed by atoms with Crippen LogP contribution in [0, 0.1) is 0 Å². The maximum Gasteiger partial charge on any atom is 0.171 e. The van der Waals surface area contributed by atoms with Crippen molar-refractivity contribution in [1.82, 2.24) is 0 Å². The van der Waals surface area contributed by atoms with Crippen molar-refractivity contribution < 1.29 is 19.4 Å². The largest absolute Gasteiger partial charge is 0.489 e. The summed E-state index contributed by atoms with van der Waals surface area (Å²) in [5, 5.41) is 9.22. The van der Waals surface area contributed by atoms with Crippen LogP contribution < -0.4 is 9.47 Å². The average Bonchev–Trinajstić information content (AvgIpc) is 2.62. The van der Waals surface area contributed by atoms with Gasteiger partial charge in [-0.25, -0.2) is 0 Å². The van der Waals surface area contributed by atoms with Gasteiger partial charge in [0.25, 0.3) is 0 Å². The van der Waals surface area contributed by atoms with Gasteiger partial charge >= 0.3 is 0 Å². The number of ether oxygens (including phenoxy) is 2. The second kappa shape index (κ2) is 5.19. The summed E-state index contributed by atoms with van der Waals surface area (Å²) in [4.78, 5) is 11.0. The number of rotatable bonds is 3. The number of carbonyl (C=O) groups is 1. The van der Waals surface area contributed by atoms with Gasteiger partial charge in [0.15, 0.2) is 17.8 Å². The number of carbonyl (C=O) groups excluding carboxylic acids is 1. The quantitative estimate of drug-likeness (QED) is 0.812. The van der Waals surface area contributed by atoms with Crippen LogP contribution in [0.5, 0.6) is 11.5 Å². The lowest BCUT2D eigenvalue weighted by Gasteiger charge is -2.17. The van der Waals surface area contributed by atoms with E-state index in [2.05, 4.69) is 0 Å². The maximum atomic E-state index is 11.0. The molecule has 0 saturated heterocycles. The number of aldehydes is 1. The molecule has 0 bridgehead atoms. The predicted molar refractivity (Wildman–Crippen MR) is 62.9 cm³/mol. The van der Waals surface area contributed by atoms with Crippen LogP contribution in [0.15, 0.2) is 12.1 Å². The fourth-order valence-corrected chi connectivity index (χ4v) is 1.88. The summed E-state index contributed by atoms with van der Waals surface area (Å²) in [6.45, 7) is 3.06. The van der Waals surface area contributed by atoms with Crippen molar-refractivity contribution in [3.8, 4) is 11.5 Å². The van der Waals surface area contributed by atoms with E-state index in [9.17, 15) is 9.90 Å². The second-order valence-electron chi connectivity index (χ2n) is 4.15. The molecule has 1 aromatic rings. The van der Waals surface area contributed by atoms with E-state index in [0.29, 0.717) is 30.3 Å². The van der Waals surface area contributed by atoms with Crippen LogP contribution >= 0.6 is 0 Å². The van der Waals surface area contributed by atoms with Crippen LogP contribution in [0.1, 0.15) is 35.2 Å². The summed E-state index contributed by atoms with van der Waals surface area (Å²) in [7, 11) is 0. The van der Waals surface area contributed by atoms with Gasteiger partial charge in [0.2, 0.25) is 0 Å². The van der Waals surface area contributed by atoms with E-state index >= 15 is 0 Å². The van der Waals surface area contributed by atoms with Crippen LogP contribution in [0.3, 0.4) is 0 Å². The highest BCUT2D eigenvalue weighted by molar-refractivity contribution is 5.82. The van der Waals surface area contributed by atoms with Gasteiger partial charge in [0.05, 0.1) is 18.8 Å². The van der Waals surface area contributed by atoms with Crippen LogP contribution in [-0.4, -0.2) is 31.2 Å². The Morgan fingerprint density at radius 1 is 1.35 bits per heavy atom. The van der Waals surface area contributed by atoms with Gasteiger partial charge in [0, 0.05) is 24.5 Å². The zero-order valence-electron chi connectivity index (χ0n) is 9.81.